The summed E-state index contributed by atoms with van der Waals surface area (Å²) in [5, 5.41) is 7.62. The molecule has 1 N–H and O–H groups in total. The Morgan fingerprint density at radius 1 is 1.43 bits per heavy atom. The van der Waals surface area contributed by atoms with Gasteiger partial charge in [0.2, 0.25) is 0 Å². The van der Waals surface area contributed by atoms with Crippen molar-refractivity contribution in [3.8, 4) is 0 Å². The topological polar surface area (TPSA) is 61.6 Å². The van der Waals surface area contributed by atoms with Crippen molar-refractivity contribution in [3.05, 3.63) is 17.5 Å². The standard InChI is InChI=1S/C15H22N4O2/c1-18-11-2-3-14(19(9-11)15(18)20)13-7-12(21-17-13)6-10-4-5-16-8-10/h7,10-11,14,16H,2-6,8-9H2,1H3/t10?,11-,14+/m1/s1. The lowest BCUT2D eigenvalue weighted by Crippen LogP contribution is -2.34. The van der Waals surface area contributed by atoms with Crippen molar-refractivity contribution in [2.45, 2.75) is 37.8 Å². The maximum Gasteiger partial charge on any atom is 0.320 e. The van der Waals surface area contributed by atoms with Crippen LogP contribution in [-0.4, -0.2) is 53.7 Å². The van der Waals surface area contributed by atoms with Gasteiger partial charge in [-0.05, 0) is 38.3 Å². The molecule has 6 heteroatoms. The van der Waals surface area contributed by atoms with Crippen LogP contribution in [-0.2, 0) is 6.42 Å². The van der Waals surface area contributed by atoms with E-state index in [9.17, 15) is 4.79 Å². The van der Waals surface area contributed by atoms with E-state index in [2.05, 4.69) is 16.5 Å². The number of fused-ring (bicyclic) bond motifs is 2. The van der Waals surface area contributed by atoms with Crippen LogP contribution >= 0.6 is 0 Å². The van der Waals surface area contributed by atoms with Crippen molar-refractivity contribution in [2.75, 3.05) is 26.7 Å². The highest BCUT2D eigenvalue weighted by Crippen LogP contribution is 2.37. The van der Waals surface area contributed by atoms with Crippen molar-refractivity contribution in [3.63, 3.8) is 0 Å². The molecule has 0 aliphatic carbocycles. The highest BCUT2D eigenvalue weighted by molar-refractivity contribution is 5.77. The highest BCUT2D eigenvalue weighted by Gasteiger charge is 2.44. The molecular weight excluding hydrogens is 268 g/mol. The molecular formula is C15H22N4O2. The Labute approximate surface area is 124 Å². The van der Waals surface area contributed by atoms with E-state index in [-0.39, 0.29) is 12.1 Å². The number of carbonyl (C=O) groups excluding carboxylic acids is 1. The number of nitrogens with zero attached hydrogens (tertiary/aromatic N) is 3. The van der Waals surface area contributed by atoms with Gasteiger partial charge in [0.1, 0.15) is 11.5 Å². The number of amides is 2. The zero-order valence-corrected chi connectivity index (χ0v) is 12.4. The molecule has 1 aromatic rings. The zero-order valence-electron chi connectivity index (χ0n) is 12.4. The lowest BCUT2D eigenvalue weighted by Gasteiger charge is -2.28. The summed E-state index contributed by atoms with van der Waals surface area (Å²) in [7, 11) is 1.90. The molecule has 3 saturated heterocycles. The molecule has 3 atom stereocenters. The molecule has 4 rings (SSSR count). The first-order valence-electron chi connectivity index (χ1n) is 7.92. The van der Waals surface area contributed by atoms with Gasteiger partial charge in [0, 0.05) is 26.1 Å². The van der Waals surface area contributed by atoms with E-state index in [0.29, 0.717) is 12.0 Å². The van der Waals surface area contributed by atoms with Crippen molar-refractivity contribution in [1.82, 2.24) is 20.3 Å². The first-order chi connectivity index (χ1) is 10.2. The number of nitrogens with one attached hydrogen (secondary N) is 1. The van der Waals surface area contributed by atoms with Gasteiger partial charge in [-0.3, -0.25) is 0 Å². The van der Waals surface area contributed by atoms with Crippen molar-refractivity contribution in [2.24, 2.45) is 5.92 Å². The van der Waals surface area contributed by atoms with Gasteiger partial charge in [-0.15, -0.1) is 0 Å². The third kappa shape index (κ3) is 2.21. The van der Waals surface area contributed by atoms with E-state index in [1.54, 1.807) is 0 Å². The number of piperidine rings is 1. The van der Waals surface area contributed by atoms with Gasteiger partial charge in [-0.2, -0.15) is 0 Å². The highest BCUT2D eigenvalue weighted by atomic mass is 16.5. The van der Waals surface area contributed by atoms with Crippen LogP contribution in [0.5, 0.6) is 0 Å². The predicted molar refractivity (Wildman–Crippen MR) is 76.8 cm³/mol. The number of likely N-dealkylation sites (N-methyl/N-ethyl adjacent to an activating group) is 1. The zero-order chi connectivity index (χ0) is 14.4. The average Bonchev–Trinajstić information content (AvgIpc) is 3.21. The molecule has 114 valence electrons. The molecule has 0 saturated carbocycles. The maximum absolute atomic E-state index is 12.2. The minimum absolute atomic E-state index is 0.0953. The summed E-state index contributed by atoms with van der Waals surface area (Å²) < 4.78 is 5.52. The summed E-state index contributed by atoms with van der Waals surface area (Å²) in [5.41, 5.74) is 0.929. The Hall–Kier alpha value is -1.56. The summed E-state index contributed by atoms with van der Waals surface area (Å²) >= 11 is 0. The van der Waals surface area contributed by atoms with Crippen molar-refractivity contribution >= 4 is 6.03 Å². The van der Waals surface area contributed by atoms with Gasteiger partial charge in [0.15, 0.2) is 0 Å². The summed E-state index contributed by atoms with van der Waals surface area (Å²) in [6.45, 7) is 3.00. The number of urea groups is 1. The maximum atomic E-state index is 12.2. The van der Waals surface area contributed by atoms with Gasteiger partial charge < -0.3 is 19.6 Å². The summed E-state index contributed by atoms with van der Waals surface area (Å²) in [6, 6.07) is 2.67. The van der Waals surface area contributed by atoms with E-state index >= 15 is 0 Å². The minimum atomic E-state index is 0.0953. The smallest absolute Gasteiger partial charge is 0.320 e. The SMILES string of the molecule is CN1C(=O)N2C[C@H]1CC[C@H]2c1cc(CC2CCNC2)on1. The van der Waals surface area contributed by atoms with Crippen LogP contribution < -0.4 is 5.32 Å². The first-order valence-corrected chi connectivity index (χ1v) is 7.92. The molecule has 2 bridgehead atoms. The Morgan fingerprint density at radius 2 is 2.33 bits per heavy atom. The molecule has 3 aliphatic heterocycles. The van der Waals surface area contributed by atoms with Crippen LogP contribution in [0.4, 0.5) is 4.79 Å². The number of aromatic nitrogens is 1. The van der Waals surface area contributed by atoms with Gasteiger partial charge in [0.05, 0.1) is 12.1 Å². The fourth-order valence-corrected chi connectivity index (χ4v) is 3.90. The lowest BCUT2D eigenvalue weighted by molar-refractivity contribution is 0.177. The average molecular weight is 290 g/mol. The fourth-order valence-electron chi connectivity index (χ4n) is 3.90. The molecule has 4 heterocycles. The van der Waals surface area contributed by atoms with Crippen LogP contribution in [0.15, 0.2) is 10.6 Å². The van der Waals surface area contributed by atoms with Crippen molar-refractivity contribution < 1.29 is 9.32 Å². The largest absolute Gasteiger partial charge is 0.361 e. The second-order valence-corrected chi connectivity index (χ2v) is 6.57. The van der Waals surface area contributed by atoms with E-state index in [1.165, 1.54) is 6.42 Å². The van der Waals surface area contributed by atoms with E-state index in [1.807, 2.05) is 16.8 Å². The van der Waals surface area contributed by atoms with Crippen LogP contribution in [0.2, 0.25) is 0 Å². The quantitative estimate of drug-likeness (QED) is 0.914. The van der Waals surface area contributed by atoms with E-state index < -0.39 is 0 Å². The number of hydrogen-bond acceptors (Lipinski definition) is 4. The Balaban J connectivity index is 1.49. The first kappa shape index (κ1) is 13.1. The van der Waals surface area contributed by atoms with Gasteiger partial charge in [-0.1, -0.05) is 5.16 Å². The number of hydrogen-bond donors (Lipinski definition) is 1. The lowest BCUT2D eigenvalue weighted by atomic mass is 9.97. The Morgan fingerprint density at radius 3 is 3.14 bits per heavy atom. The Kier molecular flexibility index (Phi) is 3.14. The molecule has 6 nitrogen and oxygen atoms in total. The monoisotopic (exact) mass is 290 g/mol. The minimum Gasteiger partial charge on any atom is -0.361 e. The van der Waals surface area contributed by atoms with Crippen LogP contribution in [0.1, 0.15) is 36.8 Å². The molecule has 21 heavy (non-hydrogen) atoms. The number of rotatable bonds is 3. The molecule has 0 spiro atoms. The molecule has 1 aromatic heterocycles. The normalized spacial score (nSPS) is 32.2. The molecule has 0 aromatic carbocycles. The molecule has 3 aliphatic rings. The molecule has 1 unspecified atom stereocenters. The summed E-state index contributed by atoms with van der Waals surface area (Å²) in [6.07, 6.45) is 4.19. The fraction of sp³-hybridized carbons (Fsp3) is 0.733. The van der Waals surface area contributed by atoms with Crippen LogP contribution in [0, 0.1) is 5.92 Å². The predicted octanol–water partition coefficient (Wildman–Crippen LogP) is 1.40. The van der Waals surface area contributed by atoms with Crippen molar-refractivity contribution in [1.29, 1.82) is 0 Å². The second-order valence-electron chi connectivity index (χ2n) is 6.57. The Bertz CT molecular complexity index is 538. The summed E-state index contributed by atoms with van der Waals surface area (Å²) in [4.78, 5) is 16.1. The van der Waals surface area contributed by atoms with Gasteiger partial charge in [-0.25, -0.2) is 4.79 Å². The van der Waals surface area contributed by atoms with Gasteiger partial charge >= 0.3 is 6.03 Å². The molecule has 2 amide bonds. The molecule has 3 fully saturated rings. The third-order valence-electron chi connectivity index (χ3n) is 5.22. The van der Waals surface area contributed by atoms with E-state index in [0.717, 1.165) is 50.4 Å². The van der Waals surface area contributed by atoms with Gasteiger partial charge in [0.25, 0.3) is 0 Å². The van der Waals surface area contributed by atoms with Crippen LogP contribution in [0.25, 0.3) is 0 Å². The second kappa shape index (κ2) is 5.02. The number of carbonyl (C=O) groups is 1. The molecule has 0 radical (unpaired) electrons. The third-order valence-corrected chi connectivity index (χ3v) is 5.22. The summed E-state index contributed by atoms with van der Waals surface area (Å²) in [5.74, 6) is 1.61. The van der Waals surface area contributed by atoms with E-state index in [4.69, 9.17) is 4.52 Å². The van der Waals surface area contributed by atoms with Crippen LogP contribution in [0.3, 0.4) is 0 Å².